The number of hydrogen-bond acceptors (Lipinski definition) is 3. The summed E-state index contributed by atoms with van der Waals surface area (Å²) in [5, 5.41) is 9.47. The Morgan fingerprint density at radius 3 is 2.60 bits per heavy atom. The number of aromatic carboxylic acids is 1. The Bertz CT molecular complexity index is 662. The quantitative estimate of drug-likeness (QED) is 0.932. The zero-order valence-electron chi connectivity index (χ0n) is 10.6. The molecule has 0 aliphatic carbocycles. The Morgan fingerprint density at radius 2 is 2.00 bits per heavy atom. The molecule has 0 atom stereocenters. The molecule has 0 spiro atoms. The molecule has 6 heteroatoms. The van der Waals surface area contributed by atoms with E-state index >= 15 is 0 Å². The Labute approximate surface area is 118 Å². The van der Waals surface area contributed by atoms with E-state index in [0.717, 1.165) is 23.9 Å². The van der Waals surface area contributed by atoms with Crippen LogP contribution in [0.2, 0.25) is 0 Å². The third kappa shape index (κ3) is 3.33. The van der Waals surface area contributed by atoms with Gasteiger partial charge in [0.25, 0.3) is 0 Å². The minimum absolute atomic E-state index is 0.127. The highest BCUT2D eigenvalue weighted by Crippen LogP contribution is 2.28. The van der Waals surface area contributed by atoms with Crippen LogP contribution >= 0.6 is 11.8 Å². The van der Waals surface area contributed by atoms with E-state index in [2.05, 4.69) is 4.98 Å². The minimum Gasteiger partial charge on any atom is -0.478 e. The van der Waals surface area contributed by atoms with Gasteiger partial charge in [-0.25, -0.2) is 18.6 Å². The van der Waals surface area contributed by atoms with Crippen molar-refractivity contribution in [1.29, 1.82) is 0 Å². The van der Waals surface area contributed by atoms with Crippen LogP contribution in [0, 0.1) is 11.6 Å². The van der Waals surface area contributed by atoms with Crippen LogP contribution in [0.3, 0.4) is 0 Å². The number of carboxylic acids is 1. The van der Waals surface area contributed by atoms with E-state index in [1.807, 2.05) is 6.92 Å². The van der Waals surface area contributed by atoms with Gasteiger partial charge in [-0.15, -0.1) is 0 Å². The molecule has 1 heterocycles. The van der Waals surface area contributed by atoms with E-state index in [0.29, 0.717) is 22.0 Å². The van der Waals surface area contributed by atoms with Gasteiger partial charge in [-0.1, -0.05) is 18.7 Å². The lowest BCUT2D eigenvalue weighted by Gasteiger charge is -2.06. The van der Waals surface area contributed by atoms with Crippen LogP contribution in [-0.4, -0.2) is 16.1 Å². The van der Waals surface area contributed by atoms with Crippen molar-refractivity contribution in [3.05, 3.63) is 53.2 Å². The van der Waals surface area contributed by atoms with Gasteiger partial charge in [-0.3, -0.25) is 0 Å². The summed E-state index contributed by atoms with van der Waals surface area (Å²) < 4.78 is 26.0. The van der Waals surface area contributed by atoms with Crippen molar-refractivity contribution in [3.63, 3.8) is 0 Å². The lowest BCUT2D eigenvalue weighted by Crippen LogP contribution is -2.00. The molecule has 1 aromatic carbocycles. The van der Waals surface area contributed by atoms with Crippen LogP contribution in [0.25, 0.3) is 0 Å². The average molecular weight is 295 g/mol. The number of carbonyl (C=O) groups is 1. The number of hydrogen-bond donors (Lipinski definition) is 1. The van der Waals surface area contributed by atoms with Crippen molar-refractivity contribution < 1.29 is 18.7 Å². The van der Waals surface area contributed by atoms with E-state index in [1.165, 1.54) is 18.2 Å². The molecule has 0 aliphatic rings. The second-order valence-electron chi connectivity index (χ2n) is 4.02. The maximum Gasteiger partial charge on any atom is 0.335 e. The van der Waals surface area contributed by atoms with Crippen molar-refractivity contribution in [2.24, 2.45) is 0 Å². The molecule has 3 nitrogen and oxygen atoms in total. The molecule has 20 heavy (non-hydrogen) atoms. The second kappa shape index (κ2) is 6.00. The number of halogens is 2. The first-order valence-electron chi connectivity index (χ1n) is 5.86. The second-order valence-corrected chi connectivity index (χ2v) is 5.12. The number of rotatable bonds is 4. The zero-order chi connectivity index (χ0) is 14.7. The summed E-state index contributed by atoms with van der Waals surface area (Å²) in [6.07, 6.45) is 0.590. The number of aryl methyl sites for hydroxylation is 1. The molecule has 0 fully saturated rings. The molecule has 0 aliphatic heterocycles. The van der Waals surface area contributed by atoms with Crippen LogP contribution in [0.4, 0.5) is 8.78 Å². The standard InChI is InChI=1S/C14H11F2NO2S/c1-2-9-5-8(14(18)19)6-13(17-9)20-10-3-4-11(15)12(16)7-10/h3-7H,2H2,1H3,(H,18,19). The number of carboxylic acid groups (broad SMARTS) is 1. The number of nitrogens with zero attached hydrogens (tertiary/aromatic N) is 1. The molecule has 0 unspecified atom stereocenters. The largest absolute Gasteiger partial charge is 0.478 e. The maximum absolute atomic E-state index is 13.1. The number of aromatic nitrogens is 1. The highest BCUT2D eigenvalue weighted by molar-refractivity contribution is 7.99. The molecule has 1 aromatic heterocycles. The summed E-state index contributed by atoms with van der Waals surface area (Å²) in [7, 11) is 0. The van der Waals surface area contributed by atoms with E-state index in [-0.39, 0.29) is 5.56 Å². The summed E-state index contributed by atoms with van der Waals surface area (Å²) in [5.74, 6) is -2.91. The average Bonchev–Trinajstić information content (AvgIpc) is 2.42. The summed E-state index contributed by atoms with van der Waals surface area (Å²) in [6.45, 7) is 1.86. The lowest BCUT2D eigenvalue weighted by atomic mass is 10.2. The van der Waals surface area contributed by atoms with Crippen molar-refractivity contribution in [1.82, 2.24) is 4.98 Å². The maximum atomic E-state index is 13.1. The first-order chi connectivity index (χ1) is 9.49. The molecule has 0 saturated carbocycles. The van der Waals surface area contributed by atoms with Gasteiger partial charge in [-0.2, -0.15) is 0 Å². The fraction of sp³-hybridized carbons (Fsp3) is 0.143. The van der Waals surface area contributed by atoms with Crippen LogP contribution in [0.5, 0.6) is 0 Å². The van der Waals surface area contributed by atoms with Crippen molar-refractivity contribution in [2.75, 3.05) is 0 Å². The summed E-state index contributed by atoms with van der Waals surface area (Å²) in [4.78, 5) is 15.8. The Hall–Kier alpha value is -1.95. The van der Waals surface area contributed by atoms with Crippen LogP contribution in [0.15, 0.2) is 40.3 Å². The van der Waals surface area contributed by atoms with Crippen LogP contribution in [-0.2, 0) is 6.42 Å². The topological polar surface area (TPSA) is 50.2 Å². The van der Waals surface area contributed by atoms with Gasteiger partial charge in [0.05, 0.1) is 5.56 Å². The first-order valence-corrected chi connectivity index (χ1v) is 6.68. The van der Waals surface area contributed by atoms with Gasteiger partial charge in [-0.05, 0) is 36.8 Å². The number of benzene rings is 1. The third-order valence-corrected chi connectivity index (χ3v) is 3.49. The fourth-order valence-corrected chi connectivity index (χ4v) is 2.47. The predicted octanol–water partition coefficient (Wildman–Crippen LogP) is 3.77. The third-order valence-electron chi connectivity index (χ3n) is 2.58. The van der Waals surface area contributed by atoms with E-state index in [9.17, 15) is 13.6 Å². The zero-order valence-corrected chi connectivity index (χ0v) is 11.4. The summed E-state index contributed by atoms with van der Waals surface area (Å²) >= 11 is 1.09. The SMILES string of the molecule is CCc1cc(C(=O)O)cc(Sc2ccc(F)c(F)c2)n1. The van der Waals surface area contributed by atoms with Gasteiger partial charge >= 0.3 is 5.97 Å². The molecule has 0 radical (unpaired) electrons. The smallest absolute Gasteiger partial charge is 0.335 e. The fourth-order valence-electron chi connectivity index (χ4n) is 1.58. The van der Waals surface area contributed by atoms with Crippen molar-refractivity contribution in [3.8, 4) is 0 Å². The summed E-state index contributed by atoms with van der Waals surface area (Å²) in [6, 6.07) is 6.41. The normalized spacial score (nSPS) is 10.6. The molecule has 104 valence electrons. The van der Waals surface area contributed by atoms with Gasteiger partial charge in [0.1, 0.15) is 5.03 Å². The Balaban J connectivity index is 2.34. The first kappa shape index (κ1) is 14.5. The monoisotopic (exact) mass is 295 g/mol. The van der Waals surface area contributed by atoms with Gasteiger partial charge in [0, 0.05) is 10.6 Å². The molecular formula is C14H11F2NO2S. The molecule has 0 bridgehead atoms. The molecular weight excluding hydrogens is 284 g/mol. The molecule has 0 amide bonds. The highest BCUT2D eigenvalue weighted by atomic mass is 32.2. The van der Waals surface area contributed by atoms with Gasteiger partial charge in [0.15, 0.2) is 11.6 Å². The van der Waals surface area contributed by atoms with E-state index in [4.69, 9.17) is 5.11 Å². The van der Waals surface area contributed by atoms with Gasteiger partial charge in [0.2, 0.25) is 0 Å². The Kier molecular flexibility index (Phi) is 4.34. The predicted molar refractivity (Wildman–Crippen MR) is 71.1 cm³/mol. The van der Waals surface area contributed by atoms with E-state index in [1.54, 1.807) is 0 Å². The molecule has 1 N–H and O–H groups in total. The summed E-state index contributed by atoms with van der Waals surface area (Å²) in [5.41, 5.74) is 0.761. The van der Waals surface area contributed by atoms with Crippen molar-refractivity contribution >= 4 is 17.7 Å². The Morgan fingerprint density at radius 1 is 1.25 bits per heavy atom. The number of pyridine rings is 1. The molecule has 0 saturated heterocycles. The minimum atomic E-state index is -1.05. The van der Waals surface area contributed by atoms with E-state index < -0.39 is 17.6 Å². The lowest BCUT2D eigenvalue weighted by molar-refractivity contribution is 0.0696. The van der Waals surface area contributed by atoms with Crippen molar-refractivity contribution in [2.45, 2.75) is 23.3 Å². The van der Waals surface area contributed by atoms with Crippen LogP contribution < -0.4 is 0 Å². The van der Waals surface area contributed by atoms with Gasteiger partial charge < -0.3 is 5.11 Å². The van der Waals surface area contributed by atoms with Crippen LogP contribution in [0.1, 0.15) is 23.0 Å². The molecule has 2 rings (SSSR count). The highest BCUT2D eigenvalue weighted by Gasteiger charge is 2.10. The molecule has 2 aromatic rings.